The second kappa shape index (κ2) is 5.74. The number of halogens is 2. The van der Waals surface area contributed by atoms with Crippen LogP contribution in [0.4, 0.5) is 4.39 Å². The van der Waals surface area contributed by atoms with Crippen molar-refractivity contribution < 1.29 is 27.8 Å². The van der Waals surface area contributed by atoms with Crippen LogP contribution in [0, 0.1) is 5.82 Å². The Morgan fingerprint density at radius 1 is 1.50 bits per heavy atom. The van der Waals surface area contributed by atoms with Crippen LogP contribution in [0.3, 0.4) is 0 Å². The molecule has 0 heterocycles. The lowest BCUT2D eigenvalue weighted by Gasteiger charge is -2.09. The van der Waals surface area contributed by atoms with Gasteiger partial charge < -0.3 is 10.2 Å². The Hall–Kier alpha value is -1.03. The number of carboxylic acids is 1. The van der Waals surface area contributed by atoms with Crippen molar-refractivity contribution in [2.75, 3.05) is 6.54 Å². The molecule has 0 fully saturated rings. The normalized spacial score (nSPS) is 13.3. The van der Waals surface area contributed by atoms with E-state index in [4.69, 9.17) is 10.2 Å². The largest absolute Gasteiger partial charge is 0.479 e. The maximum Gasteiger partial charge on any atom is 0.333 e. The summed E-state index contributed by atoms with van der Waals surface area (Å²) in [6.07, 6.45) is -1.86. The van der Waals surface area contributed by atoms with Crippen molar-refractivity contribution in [3.8, 4) is 0 Å². The first kappa shape index (κ1) is 15.0. The monoisotopic (exact) mass is 341 g/mol. The zero-order valence-corrected chi connectivity index (χ0v) is 11.2. The summed E-state index contributed by atoms with van der Waals surface area (Å²) >= 11 is 2.87. The summed E-state index contributed by atoms with van der Waals surface area (Å²) in [6.45, 7) is -0.699. The number of aliphatic hydroxyl groups is 1. The molecule has 0 spiro atoms. The second-order valence-electron chi connectivity index (χ2n) is 3.28. The lowest BCUT2D eigenvalue weighted by atomic mass is 10.3. The number of benzene rings is 1. The summed E-state index contributed by atoms with van der Waals surface area (Å²) in [4.78, 5) is 9.94. The van der Waals surface area contributed by atoms with E-state index < -0.39 is 34.5 Å². The molecule has 9 heteroatoms. The fourth-order valence-corrected chi connectivity index (χ4v) is 2.30. The molecular formula is C9H9BrFNO5S. The number of carboxylic acid groups (broad SMARTS) is 1. The number of hydrogen-bond acceptors (Lipinski definition) is 4. The molecule has 1 aromatic rings. The average molecular weight is 342 g/mol. The van der Waals surface area contributed by atoms with Crippen molar-refractivity contribution in [3.63, 3.8) is 0 Å². The molecule has 0 aromatic heterocycles. The van der Waals surface area contributed by atoms with Crippen LogP contribution in [0.2, 0.25) is 0 Å². The van der Waals surface area contributed by atoms with Crippen LogP contribution < -0.4 is 4.72 Å². The summed E-state index contributed by atoms with van der Waals surface area (Å²) in [5.41, 5.74) is 0. The lowest BCUT2D eigenvalue weighted by Crippen LogP contribution is -2.36. The van der Waals surface area contributed by atoms with Gasteiger partial charge in [0, 0.05) is 6.54 Å². The number of sulfonamides is 1. The summed E-state index contributed by atoms with van der Waals surface area (Å²) in [5, 5.41) is 17.3. The van der Waals surface area contributed by atoms with Crippen LogP contribution in [-0.2, 0) is 14.8 Å². The molecule has 0 saturated carbocycles. The fourth-order valence-electron chi connectivity index (χ4n) is 1.00. The Morgan fingerprint density at radius 2 is 2.11 bits per heavy atom. The van der Waals surface area contributed by atoms with E-state index in [9.17, 15) is 17.6 Å². The van der Waals surface area contributed by atoms with Crippen LogP contribution in [0.25, 0.3) is 0 Å². The van der Waals surface area contributed by atoms with Crippen molar-refractivity contribution >= 4 is 31.9 Å². The van der Waals surface area contributed by atoms with Crippen molar-refractivity contribution in [2.45, 2.75) is 11.0 Å². The number of rotatable bonds is 5. The van der Waals surface area contributed by atoms with Gasteiger partial charge in [-0.15, -0.1) is 0 Å². The molecule has 1 aromatic carbocycles. The highest BCUT2D eigenvalue weighted by molar-refractivity contribution is 9.10. The quantitative estimate of drug-likeness (QED) is 0.715. The van der Waals surface area contributed by atoms with Gasteiger partial charge in [0.05, 0.1) is 9.37 Å². The Bertz CT molecular complexity index is 562. The van der Waals surface area contributed by atoms with Gasteiger partial charge in [0.2, 0.25) is 10.0 Å². The van der Waals surface area contributed by atoms with E-state index in [0.717, 1.165) is 12.1 Å². The predicted octanol–water partition coefficient (Wildman–Crippen LogP) is 0.312. The van der Waals surface area contributed by atoms with E-state index in [1.807, 2.05) is 4.72 Å². The molecule has 18 heavy (non-hydrogen) atoms. The average Bonchev–Trinajstić information content (AvgIpc) is 2.29. The molecule has 0 aliphatic heterocycles. The highest BCUT2D eigenvalue weighted by Gasteiger charge is 2.20. The van der Waals surface area contributed by atoms with Crippen LogP contribution in [0.15, 0.2) is 27.6 Å². The van der Waals surface area contributed by atoms with E-state index in [1.54, 1.807) is 0 Å². The van der Waals surface area contributed by atoms with E-state index >= 15 is 0 Å². The Balaban J connectivity index is 2.87. The van der Waals surface area contributed by atoms with Gasteiger partial charge in [-0.1, -0.05) is 0 Å². The molecule has 0 radical (unpaired) electrons. The first-order valence-corrected chi connectivity index (χ1v) is 6.87. The second-order valence-corrected chi connectivity index (χ2v) is 5.90. The molecule has 0 bridgehead atoms. The minimum absolute atomic E-state index is 0.104. The summed E-state index contributed by atoms with van der Waals surface area (Å²) in [7, 11) is -4.06. The molecule has 3 N–H and O–H groups in total. The van der Waals surface area contributed by atoms with E-state index in [1.165, 1.54) is 6.07 Å². The zero-order chi connectivity index (χ0) is 13.9. The molecule has 0 aliphatic carbocycles. The predicted molar refractivity (Wildman–Crippen MR) is 62.9 cm³/mol. The van der Waals surface area contributed by atoms with Crippen molar-refractivity contribution in [2.24, 2.45) is 0 Å². The third-order valence-electron chi connectivity index (χ3n) is 1.95. The van der Waals surface area contributed by atoms with Gasteiger partial charge in [-0.25, -0.2) is 22.3 Å². The van der Waals surface area contributed by atoms with Crippen molar-refractivity contribution in [3.05, 3.63) is 28.5 Å². The minimum Gasteiger partial charge on any atom is -0.479 e. The summed E-state index contributed by atoms with van der Waals surface area (Å²) in [6, 6.07) is 3.12. The van der Waals surface area contributed by atoms with Crippen LogP contribution in [-0.4, -0.2) is 37.2 Å². The van der Waals surface area contributed by atoms with E-state index in [2.05, 4.69) is 15.9 Å². The number of aliphatic hydroxyl groups excluding tert-OH is 1. The van der Waals surface area contributed by atoms with Crippen LogP contribution >= 0.6 is 15.9 Å². The maximum absolute atomic E-state index is 13.2. The molecule has 0 amide bonds. The molecule has 6 nitrogen and oxygen atoms in total. The molecule has 1 atom stereocenters. The zero-order valence-electron chi connectivity index (χ0n) is 8.80. The van der Waals surface area contributed by atoms with Crippen LogP contribution in [0.1, 0.15) is 0 Å². The van der Waals surface area contributed by atoms with Crippen LogP contribution in [0.5, 0.6) is 0 Å². The van der Waals surface area contributed by atoms with Crippen molar-refractivity contribution in [1.82, 2.24) is 4.72 Å². The molecule has 1 rings (SSSR count). The molecule has 0 saturated heterocycles. The van der Waals surface area contributed by atoms with E-state index in [0.29, 0.717) is 0 Å². The summed E-state index contributed by atoms with van der Waals surface area (Å²) < 4.78 is 38.4. The SMILES string of the molecule is O=C(O)C(O)CNS(=O)(=O)c1ccc(Br)c(F)c1. The van der Waals surface area contributed by atoms with Gasteiger partial charge in [0.15, 0.2) is 6.10 Å². The van der Waals surface area contributed by atoms with E-state index in [-0.39, 0.29) is 9.37 Å². The Labute approximate surface area is 111 Å². The number of aliphatic carboxylic acids is 1. The fraction of sp³-hybridized carbons (Fsp3) is 0.222. The van der Waals surface area contributed by atoms with Gasteiger partial charge in [-0.2, -0.15) is 0 Å². The van der Waals surface area contributed by atoms with Crippen molar-refractivity contribution in [1.29, 1.82) is 0 Å². The molecule has 1 unspecified atom stereocenters. The minimum atomic E-state index is -4.06. The number of nitrogens with one attached hydrogen (secondary N) is 1. The highest BCUT2D eigenvalue weighted by atomic mass is 79.9. The van der Waals surface area contributed by atoms with Gasteiger partial charge >= 0.3 is 5.97 Å². The Morgan fingerprint density at radius 3 is 2.61 bits per heavy atom. The van der Waals surface area contributed by atoms with Gasteiger partial charge in [0.25, 0.3) is 0 Å². The number of carbonyl (C=O) groups is 1. The third-order valence-corrected chi connectivity index (χ3v) is 4.02. The summed E-state index contributed by atoms with van der Waals surface area (Å²) in [5.74, 6) is -2.32. The smallest absolute Gasteiger partial charge is 0.333 e. The van der Waals surface area contributed by atoms with Gasteiger partial charge in [-0.3, -0.25) is 0 Å². The molecule has 0 aliphatic rings. The maximum atomic E-state index is 13.2. The Kier molecular flexibility index (Phi) is 4.79. The lowest BCUT2D eigenvalue weighted by molar-refractivity contribution is -0.146. The van der Waals surface area contributed by atoms with Gasteiger partial charge in [-0.05, 0) is 34.1 Å². The standard InChI is InChI=1S/C9H9BrFNO5S/c10-6-2-1-5(3-7(6)11)18(16,17)12-4-8(13)9(14)15/h1-3,8,12-13H,4H2,(H,14,15). The first-order chi connectivity index (χ1) is 8.24. The van der Waals surface area contributed by atoms with Gasteiger partial charge in [0.1, 0.15) is 5.82 Å². The first-order valence-electron chi connectivity index (χ1n) is 4.59. The highest BCUT2D eigenvalue weighted by Crippen LogP contribution is 2.19. The molecular weight excluding hydrogens is 333 g/mol. The topological polar surface area (TPSA) is 104 Å². The number of hydrogen-bond donors (Lipinski definition) is 3. The molecule has 100 valence electrons. The third kappa shape index (κ3) is 3.73.